The van der Waals surface area contributed by atoms with Crippen molar-refractivity contribution in [3.63, 3.8) is 0 Å². The molecule has 1 aromatic carbocycles. The van der Waals surface area contributed by atoms with Crippen molar-refractivity contribution in [3.8, 4) is 11.3 Å². The van der Waals surface area contributed by atoms with Crippen molar-refractivity contribution >= 4 is 0 Å². The van der Waals surface area contributed by atoms with Gasteiger partial charge in [-0.2, -0.15) is 0 Å². The Balaban J connectivity index is 2.32. The predicted molar refractivity (Wildman–Crippen MR) is 66.1 cm³/mol. The summed E-state index contributed by atoms with van der Waals surface area (Å²) in [6.07, 6.45) is 0.785. The molecular weight excluding hydrogens is 198 g/mol. The van der Waals surface area contributed by atoms with E-state index in [0.717, 1.165) is 29.2 Å². The highest BCUT2D eigenvalue weighted by Gasteiger charge is 2.09. The Morgan fingerprint density at radius 3 is 2.62 bits per heavy atom. The lowest BCUT2D eigenvalue weighted by molar-refractivity contribution is 0.709. The van der Waals surface area contributed by atoms with Gasteiger partial charge in [0.15, 0.2) is 0 Å². The van der Waals surface area contributed by atoms with Crippen LogP contribution in [0.2, 0.25) is 0 Å². The van der Waals surface area contributed by atoms with Crippen LogP contribution in [0.15, 0.2) is 30.3 Å². The van der Waals surface area contributed by atoms with Crippen molar-refractivity contribution in [1.29, 1.82) is 0 Å². The van der Waals surface area contributed by atoms with E-state index in [-0.39, 0.29) is 6.04 Å². The summed E-state index contributed by atoms with van der Waals surface area (Å²) in [7, 11) is 0. The molecule has 0 saturated carbocycles. The summed E-state index contributed by atoms with van der Waals surface area (Å²) in [6, 6.07) is 10.3. The summed E-state index contributed by atoms with van der Waals surface area (Å²) in [5, 5.41) is 0. The number of hydrogen-bond acceptors (Lipinski definition) is 2. The van der Waals surface area contributed by atoms with Crippen molar-refractivity contribution in [1.82, 2.24) is 9.97 Å². The largest absolute Gasteiger partial charge is 0.346 e. The summed E-state index contributed by atoms with van der Waals surface area (Å²) >= 11 is 0. The molecule has 2 rings (SSSR count). The zero-order valence-electron chi connectivity index (χ0n) is 9.70. The van der Waals surface area contributed by atoms with E-state index in [0.29, 0.717) is 0 Å². The molecule has 0 amide bonds. The third-order valence-electron chi connectivity index (χ3n) is 2.50. The summed E-state index contributed by atoms with van der Waals surface area (Å²) < 4.78 is 0. The second-order valence-corrected chi connectivity index (χ2v) is 4.20. The van der Waals surface area contributed by atoms with Gasteiger partial charge in [0, 0.05) is 23.7 Å². The van der Waals surface area contributed by atoms with Gasteiger partial charge in [0.05, 0.1) is 5.69 Å². The van der Waals surface area contributed by atoms with Gasteiger partial charge in [-0.3, -0.25) is 0 Å². The molecule has 2 aromatic rings. The number of aryl methyl sites for hydroxylation is 1. The minimum Gasteiger partial charge on any atom is -0.346 e. The van der Waals surface area contributed by atoms with Gasteiger partial charge in [0.2, 0.25) is 0 Å². The molecule has 0 saturated heterocycles. The van der Waals surface area contributed by atoms with Crippen LogP contribution in [0, 0.1) is 6.92 Å². The van der Waals surface area contributed by atoms with Crippen LogP contribution >= 0.6 is 0 Å². The van der Waals surface area contributed by atoms with Crippen molar-refractivity contribution in [2.75, 3.05) is 0 Å². The second kappa shape index (κ2) is 4.49. The highest BCUT2D eigenvalue weighted by molar-refractivity contribution is 5.61. The Kier molecular flexibility index (Phi) is 3.06. The van der Waals surface area contributed by atoms with Crippen molar-refractivity contribution in [2.24, 2.45) is 5.73 Å². The van der Waals surface area contributed by atoms with E-state index in [1.165, 1.54) is 0 Å². The van der Waals surface area contributed by atoms with Gasteiger partial charge in [-0.1, -0.05) is 30.3 Å². The lowest BCUT2D eigenvalue weighted by Crippen LogP contribution is -2.18. The SMILES string of the molecule is Cc1[nH]c(CC(C)N)nc1-c1ccccc1. The molecular formula is C13H17N3. The number of aromatic amines is 1. The molecule has 84 valence electrons. The molecule has 0 aliphatic rings. The van der Waals surface area contributed by atoms with Gasteiger partial charge < -0.3 is 10.7 Å². The first-order valence-corrected chi connectivity index (χ1v) is 5.53. The van der Waals surface area contributed by atoms with E-state index in [2.05, 4.69) is 22.1 Å². The maximum Gasteiger partial charge on any atom is 0.108 e. The maximum atomic E-state index is 5.76. The molecule has 0 bridgehead atoms. The normalized spacial score (nSPS) is 12.7. The Morgan fingerprint density at radius 1 is 1.31 bits per heavy atom. The van der Waals surface area contributed by atoms with Crippen LogP contribution in [0.1, 0.15) is 18.4 Å². The number of aromatic nitrogens is 2. The molecule has 1 atom stereocenters. The van der Waals surface area contributed by atoms with E-state index >= 15 is 0 Å². The highest BCUT2D eigenvalue weighted by Crippen LogP contribution is 2.20. The Labute approximate surface area is 95.7 Å². The average molecular weight is 215 g/mol. The van der Waals surface area contributed by atoms with Crippen molar-refractivity contribution < 1.29 is 0 Å². The molecule has 0 spiro atoms. The Hall–Kier alpha value is -1.61. The number of nitrogens with one attached hydrogen (secondary N) is 1. The van der Waals surface area contributed by atoms with Crippen LogP contribution in [0.3, 0.4) is 0 Å². The number of imidazole rings is 1. The van der Waals surface area contributed by atoms with Crippen molar-refractivity contribution in [2.45, 2.75) is 26.3 Å². The first kappa shape index (κ1) is 10.9. The Bertz CT molecular complexity index is 457. The first-order valence-electron chi connectivity index (χ1n) is 5.53. The number of nitrogens with zero attached hydrogens (tertiary/aromatic N) is 1. The average Bonchev–Trinajstić information content (AvgIpc) is 2.60. The molecule has 1 aromatic heterocycles. The highest BCUT2D eigenvalue weighted by atomic mass is 14.9. The smallest absolute Gasteiger partial charge is 0.108 e. The molecule has 0 aliphatic carbocycles. The lowest BCUT2D eigenvalue weighted by Gasteiger charge is -1.99. The number of rotatable bonds is 3. The van der Waals surface area contributed by atoms with Gasteiger partial charge in [-0.25, -0.2) is 4.98 Å². The minimum absolute atomic E-state index is 0.133. The summed E-state index contributed by atoms with van der Waals surface area (Å²) in [5.74, 6) is 0.964. The van der Waals surface area contributed by atoms with Gasteiger partial charge >= 0.3 is 0 Å². The summed E-state index contributed by atoms with van der Waals surface area (Å²) in [5.41, 5.74) is 9.03. The fourth-order valence-corrected chi connectivity index (χ4v) is 1.80. The molecule has 0 aliphatic heterocycles. The number of nitrogens with two attached hydrogens (primary N) is 1. The molecule has 3 N–H and O–H groups in total. The van der Waals surface area contributed by atoms with Crippen LogP contribution in [0.4, 0.5) is 0 Å². The van der Waals surface area contributed by atoms with E-state index in [1.54, 1.807) is 0 Å². The quantitative estimate of drug-likeness (QED) is 0.825. The second-order valence-electron chi connectivity index (χ2n) is 4.20. The van der Waals surface area contributed by atoms with Gasteiger partial charge in [0.1, 0.15) is 5.82 Å². The topological polar surface area (TPSA) is 54.7 Å². The molecule has 3 heteroatoms. The minimum atomic E-state index is 0.133. The Morgan fingerprint density at radius 2 is 2.00 bits per heavy atom. The van der Waals surface area contributed by atoms with Gasteiger partial charge in [-0.15, -0.1) is 0 Å². The standard InChI is InChI=1S/C13H17N3/c1-9(14)8-12-15-10(2)13(16-12)11-6-4-3-5-7-11/h3-7,9H,8,14H2,1-2H3,(H,15,16). The predicted octanol–water partition coefficient (Wildman–Crippen LogP) is 2.27. The molecule has 1 unspecified atom stereocenters. The van der Waals surface area contributed by atoms with Gasteiger partial charge in [0.25, 0.3) is 0 Å². The first-order chi connectivity index (χ1) is 7.66. The van der Waals surface area contributed by atoms with Crippen LogP contribution in [0.25, 0.3) is 11.3 Å². The fraction of sp³-hybridized carbons (Fsp3) is 0.308. The molecule has 0 radical (unpaired) electrons. The number of hydrogen-bond donors (Lipinski definition) is 2. The molecule has 1 heterocycles. The zero-order chi connectivity index (χ0) is 11.5. The molecule has 16 heavy (non-hydrogen) atoms. The third-order valence-corrected chi connectivity index (χ3v) is 2.50. The third kappa shape index (κ3) is 2.31. The molecule has 0 fully saturated rings. The van der Waals surface area contributed by atoms with Gasteiger partial charge in [-0.05, 0) is 13.8 Å². The van der Waals surface area contributed by atoms with Crippen molar-refractivity contribution in [3.05, 3.63) is 41.9 Å². The van der Waals surface area contributed by atoms with Crippen LogP contribution < -0.4 is 5.73 Å². The number of H-pyrrole nitrogens is 1. The summed E-state index contributed by atoms with van der Waals surface area (Å²) in [4.78, 5) is 7.87. The van der Waals surface area contributed by atoms with E-state index in [4.69, 9.17) is 5.73 Å². The van der Waals surface area contributed by atoms with Crippen LogP contribution in [0.5, 0.6) is 0 Å². The number of benzene rings is 1. The lowest BCUT2D eigenvalue weighted by atomic mass is 10.1. The van der Waals surface area contributed by atoms with E-state index in [1.807, 2.05) is 32.0 Å². The monoisotopic (exact) mass is 215 g/mol. The van der Waals surface area contributed by atoms with Crippen LogP contribution in [-0.2, 0) is 6.42 Å². The van der Waals surface area contributed by atoms with Crippen LogP contribution in [-0.4, -0.2) is 16.0 Å². The zero-order valence-corrected chi connectivity index (χ0v) is 9.70. The fourth-order valence-electron chi connectivity index (χ4n) is 1.80. The maximum absolute atomic E-state index is 5.76. The summed E-state index contributed by atoms with van der Waals surface area (Å²) in [6.45, 7) is 4.03. The van der Waals surface area contributed by atoms with E-state index < -0.39 is 0 Å². The molecule has 3 nitrogen and oxygen atoms in total. The van der Waals surface area contributed by atoms with E-state index in [9.17, 15) is 0 Å².